The molecule has 130 valence electrons. The summed E-state index contributed by atoms with van der Waals surface area (Å²) in [7, 11) is 1.43. The normalized spacial score (nSPS) is 12.1. The molecule has 0 aliphatic rings. The van der Waals surface area contributed by atoms with Gasteiger partial charge in [-0.15, -0.1) is 0 Å². The molecule has 1 rings (SSSR count). The number of hydrogen-bond acceptors (Lipinski definition) is 5. The molecular weight excluding hydrogens is 310 g/mol. The highest BCUT2D eigenvalue weighted by molar-refractivity contribution is 5.81. The average molecular weight is 332 g/mol. The second-order valence-corrected chi connectivity index (χ2v) is 4.78. The Morgan fingerprint density at radius 3 is 2.74 bits per heavy atom. The molecule has 23 heavy (non-hydrogen) atoms. The molecule has 1 aromatic carbocycles. The highest BCUT2D eigenvalue weighted by Gasteiger charge is 2.15. The fraction of sp³-hybridized carbons (Fsp3) is 0.533. The number of nitrogens with two attached hydrogens (primary N) is 1. The molecule has 1 aromatic rings. The van der Waals surface area contributed by atoms with E-state index in [2.05, 4.69) is 10.1 Å². The fourth-order valence-corrected chi connectivity index (χ4v) is 1.76. The van der Waals surface area contributed by atoms with Gasteiger partial charge in [-0.2, -0.15) is 8.78 Å². The number of hydrogen-bond donors (Lipinski definition) is 2. The van der Waals surface area contributed by atoms with Crippen LogP contribution in [-0.2, 0) is 16.1 Å². The molecule has 1 unspecified atom stereocenters. The Hall–Kier alpha value is -1.93. The maximum atomic E-state index is 12.5. The second-order valence-electron chi connectivity index (χ2n) is 4.78. The number of nitrogens with one attached hydrogen (secondary N) is 1. The minimum atomic E-state index is -2.97. The zero-order chi connectivity index (χ0) is 17.2. The van der Waals surface area contributed by atoms with Crippen molar-refractivity contribution in [1.29, 1.82) is 0 Å². The molecule has 0 fully saturated rings. The third kappa shape index (κ3) is 6.79. The van der Waals surface area contributed by atoms with Crippen molar-refractivity contribution in [2.75, 3.05) is 20.3 Å². The quantitative estimate of drug-likeness (QED) is 0.681. The Kier molecular flexibility index (Phi) is 8.28. The summed E-state index contributed by atoms with van der Waals surface area (Å²) in [4.78, 5) is 11.7. The molecule has 0 saturated carbocycles. The SMILES string of the molecule is CCCOc1ccc(CNC(=O)C(N)COC)c(OC(F)F)c1. The van der Waals surface area contributed by atoms with Crippen LogP contribution in [0.1, 0.15) is 18.9 Å². The number of ether oxygens (including phenoxy) is 3. The van der Waals surface area contributed by atoms with E-state index in [1.807, 2.05) is 6.92 Å². The van der Waals surface area contributed by atoms with Crippen LogP contribution in [0.15, 0.2) is 18.2 Å². The monoisotopic (exact) mass is 332 g/mol. The van der Waals surface area contributed by atoms with Crippen LogP contribution in [0.3, 0.4) is 0 Å². The largest absolute Gasteiger partial charge is 0.493 e. The maximum Gasteiger partial charge on any atom is 0.387 e. The number of benzene rings is 1. The van der Waals surface area contributed by atoms with Crippen LogP contribution in [0.25, 0.3) is 0 Å². The lowest BCUT2D eigenvalue weighted by molar-refractivity contribution is -0.123. The second kappa shape index (κ2) is 9.96. The number of methoxy groups -OCH3 is 1. The molecular formula is C15H22F2N2O4. The van der Waals surface area contributed by atoms with Gasteiger partial charge in [0.25, 0.3) is 0 Å². The standard InChI is InChI=1S/C15H22F2N2O4/c1-3-6-22-11-5-4-10(13(7-11)23-15(16)17)8-19-14(20)12(18)9-21-2/h4-5,7,12,15H,3,6,8-9,18H2,1-2H3,(H,19,20). The molecule has 0 aliphatic heterocycles. The molecule has 0 saturated heterocycles. The summed E-state index contributed by atoms with van der Waals surface area (Å²) >= 11 is 0. The van der Waals surface area contributed by atoms with E-state index in [1.165, 1.54) is 13.2 Å². The fourth-order valence-electron chi connectivity index (χ4n) is 1.76. The van der Waals surface area contributed by atoms with Gasteiger partial charge in [0.2, 0.25) is 5.91 Å². The van der Waals surface area contributed by atoms with Crippen molar-refractivity contribution in [2.45, 2.75) is 32.5 Å². The molecule has 3 N–H and O–H groups in total. The van der Waals surface area contributed by atoms with E-state index < -0.39 is 18.6 Å². The Bertz CT molecular complexity index is 500. The van der Waals surface area contributed by atoms with Gasteiger partial charge in [-0.25, -0.2) is 0 Å². The number of carbonyl (C=O) groups is 1. The summed E-state index contributed by atoms with van der Waals surface area (Å²) < 4.78 is 39.7. The third-order valence-corrected chi connectivity index (χ3v) is 2.86. The Morgan fingerprint density at radius 1 is 1.39 bits per heavy atom. The average Bonchev–Trinajstić information content (AvgIpc) is 2.51. The first kappa shape index (κ1) is 19.1. The predicted molar refractivity (Wildman–Crippen MR) is 80.6 cm³/mol. The van der Waals surface area contributed by atoms with Crippen LogP contribution in [0.2, 0.25) is 0 Å². The Labute approximate surface area is 133 Å². The number of amides is 1. The lowest BCUT2D eigenvalue weighted by Gasteiger charge is -2.15. The van der Waals surface area contributed by atoms with Crippen molar-refractivity contribution in [1.82, 2.24) is 5.32 Å². The number of carbonyl (C=O) groups excluding carboxylic acids is 1. The number of alkyl halides is 2. The number of halogens is 2. The van der Waals surface area contributed by atoms with E-state index in [0.29, 0.717) is 17.9 Å². The minimum absolute atomic E-state index is 0.00631. The highest BCUT2D eigenvalue weighted by Crippen LogP contribution is 2.26. The highest BCUT2D eigenvalue weighted by atomic mass is 19.3. The summed E-state index contributed by atoms with van der Waals surface area (Å²) in [6.45, 7) is -0.496. The molecule has 0 aromatic heterocycles. The lowest BCUT2D eigenvalue weighted by Crippen LogP contribution is -2.43. The molecule has 6 nitrogen and oxygen atoms in total. The summed E-state index contributed by atoms with van der Waals surface area (Å²) in [6.07, 6.45) is 0.792. The molecule has 0 bridgehead atoms. The van der Waals surface area contributed by atoms with Gasteiger partial charge in [-0.05, 0) is 18.6 Å². The van der Waals surface area contributed by atoms with Gasteiger partial charge in [0, 0.05) is 25.3 Å². The number of rotatable bonds is 10. The van der Waals surface area contributed by atoms with Crippen LogP contribution < -0.4 is 20.5 Å². The van der Waals surface area contributed by atoms with E-state index >= 15 is 0 Å². The van der Waals surface area contributed by atoms with Gasteiger partial charge in [0.15, 0.2) is 0 Å². The topological polar surface area (TPSA) is 82.8 Å². The van der Waals surface area contributed by atoms with Crippen molar-refractivity contribution < 1.29 is 27.8 Å². The summed E-state index contributed by atoms with van der Waals surface area (Å²) in [5.41, 5.74) is 5.98. The minimum Gasteiger partial charge on any atom is -0.493 e. The third-order valence-electron chi connectivity index (χ3n) is 2.86. The van der Waals surface area contributed by atoms with E-state index in [1.54, 1.807) is 12.1 Å². The van der Waals surface area contributed by atoms with Gasteiger partial charge in [-0.1, -0.05) is 6.92 Å². The van der Waals surface area contributed by atoms with Gasteiger partial charge in [0.1, 0.15) is 17.5 Å². The van der Waals surface area contributed by atoms with E-state index in [0.717, 1.165) is 6.42 Å². The Balaban J connectivity index is 2.77. The molecule has 1 amide bonds. The lowest BCUT2D eigenvalue weighted by atomic mass is 10.2. The summed E-state index contributed by atoms with van der Waals surface area (Å²) in [5.74, 6) is -0.0657. The summed E-state index contributed by atoms with van der Waals surface area (Å²) in [5, 5.41) is 2.55. The first-order chi connectivity index (χ1) is 11.0. The molecule has 0 spiro atoms. The molecule has 0 radical (unpaired) electrons. The van der Waals surface area contributed by atoms with Crippen molar-refractivity contribution in [3.05, 3.63) is 23.8 Å². The summed E-state index contributed by atoms with van der Waals surface area (Å²) in [6, 6.07) is 3.74. The molecule has 0 aliphatic carbocycles. The molecule has 0 heterocycles. The van der Waals surface area contributed by atoms with E-state index in [9.17, 15) is 13.6 Å². The van der Waals surface area contributed by atoms with Gasteiger partial charge in [0.05, 0.1) is 13.2 Å². The molecule has 1 atom stereocenters. The van der Waals surface area contributed by atoms with Crippen molar-refractivity contribution in [3.8, 4) is 11.5 Å². The maximum absolute atomic E-state index is 12.5. The smallest absolute Gasteiger partial charge is 0.387 e. The van der Waals surface area contributed by atoms with E-state index in [-0.39, 0.29) is 18.9 Å². The van der Waals surface area contributed by atoms with Crippen molar-refractivity contribution >= 4 is 5.91 Å². The van der Waals surface area contributed by atoms with Gasteiger partial charge >= 0.3 is 6.61 Å². The van der Waals surface area contributed by atoms with E-state index in [4.69, 9.17) is 15.2 Å². The van der Waals surface area contributed by atoms with Crippen LogP contribution in [0, 0.1) is 0 Å². The first-order valence-corrected chi connectivity index (χ1v) is 7.20. The van der Waals surface area contributed by atoms with Crippen molar-refractivity contribution in [3.63, 3.8) is 0 Å². The van der Waals surface area contributed by atoms with Crippen molar-refractivity contribution in [2.24, 2.45) is 5.73 Å². The van der Waals surface area contributed by atoms with Crippen LogP contribution in [0.4, 0.5) is 8.78 Å². The zero-order valence-corrected chi connectivity index (χ0v) is 13.2. The van der Waals surface area contributed by atoms with Gasteiger partial charge in [-0.3, -0.25) is 4.79 Å². The van der Waals surface area contributed by atoms with Crippen LogP contribution >= 0.6 is 0 Å². The molecule has 8 heteroatoms. The predicted octanol–water partition coefficient (Wildman–Crippen LogP) is 1.67. The van der Waals surface area contributed by atoms with Crippen LogP contribution in [-0.4, -0.2) is 38.9 Å². The van der Waals surface area contributed by atoms with Gasteiger partial charge < -0.3 is 25.3 Å². The first-order valence-electron chi connectivity index (χ1n) is 7.20. The zero-order valence-electron chi connectivity index (χ0n) is 13.2. The Morgan fingerprint density at radius 2 is 2.13 bits per heavy atom. The van der Waals surface area contributed by atoms with Crippen LogP contribution in [0.5, 0.6) is 11.5 Å².